The number of nitrogen functional groups attached to an aromatic ring is 1. The van der Waals surface area contributed by atoms with E-state index in [0.29, 0.717) is 23.3 Å². The Balaban J connectivity index is 2.39. The third-order valence-corrected chi connectivity index (χ3v) is 4.39. The maximum Gasteiger partial charge on any atom is 0.261 e. The summed E-state index contributed by atoms with van der Waals surface area (Å²) in [4.78, 5) is 5.64. The standard InChI is InChI=1S/C14H21N3O2S/c1-5-14(6-2,18-7-3)13-16-12(19-17-13)10-8-9(4)20-11(10)15/h8H,5-7,15H2,1-4H3. The van der Waals surface area contributed by atoms with Crippen LogP contribution >= 0.6 is 11.3 Å². The fourth-order valence-electron chi connectivity index (χ4n) is 2.33. The Hall–Kier alpha value is -1.40. The second kappa shape index (κ2) is 5.93. The molecule has 0 amide bonds. The van der Waals surface area contributed by atoms with Crippen molar-refractivity contribution in [1.29, 1.82) is 0 Å². The summed E-state index contributed by atoms with van der Waals surface area (Å²) >= 11 is 1.52. The molecule has 110 valence electrons. The molecular formula is C14H21N3O2S. The van der Waals surface area contributed by atoms with Crippen LogP contribution in [-0.4, -0.2) is 16.7 Å². The molecule has 2 aromatic rings. The minimum Gasteiger partial charge on any atom is -0.390 e. The van der Waals surface area contributed by atoms with Crippen molar-refractivity contribution in [1.82, 2.24) is 10.1 Å². The van der Waals surface area contributed by atoms with Gasteiger partial charge in [0.05, 0.1) is 10.6 Å². The van der Waals surface area contributed by atoms with Crippen molar-refractivity contribution in [2.24, 2.45) is 0 Å². The lowest BCUT2D eigenvalue weighted by molar-refractivity contribution is -0.0583. The minimum absolute atomic E-state index is 0.466. The highest BCUT2D eigenvalue weighted by Gasteiger charge is 2.34. The molecule has 0 bridgehead atoms. The molecule has 0 atom stereocenters. The molecule has 0 unspecified atom stereocenters. The van der Waals surface area contributed by atoms with Crippen molar-refractivity contribution >= 4 is 16.3 Å². The highest BCUT2D eigenvalue weighted by Crippen LogP contribution is 2.36. The van der Waals surface area contributed by atoms with Crippen molar-refractivity contribution < 1.29 is 9.26 Å². The quantitative estimate of drug-likeness (QED) is 0.878. The van der Waals surface area contributed by atoms with Gasteiger partial charge in [-0.25, -0.2) is 0 Å². The first-order valence-corrected chi connectivity index (χ1v) is 7.72. The third kappa shape index (κ3) is 2.58. The van der Waals surface area contributed by atoms with Crippen molar-refractivity contribution in [3.05, 3.63) is 16.8 Å². The Labute approximate surface area is 123 Å². The zero-order valence-electron chi connectivity index (χ0n) is 12.4. The van der Waals surface area contributed by atoms with Gasteiger partial charge in [-0.2, -0.15) is 4.98 Å². The van der Waals surface area contributed by atoms with Crippen LogP contribution < -0.4 is 5.73 Å². The van der Waals surface area contributed by atoms with Gasteiger partial charge >= 0.3 is 0 Å². The summed E-state index contributed by atoms with van der Waals surface area (Å²) in [5, 5.41) is 4.82. The smallest absolute Gasteiger partial charge is 0.261 e. The molecule has 0 spiro atoms. The van der Waals surface area contributed by atoms with Crippen LogP contribution in [0.3, 0.4) is 0 Å². The normalized spacial score (nSPS) is 12.0. The van der Waals surface area contributed by atoms with E-state index < -0.39 is 5.60 Å². The van der Waals surface area contributed by atoms with Crippen LogP contribution in [0.2, 0.25) is 0 Å². The van der Waals surface area contributed by atoms with E-state index in [0.717, 1.165) is 23.3 Å². The van der Waals surface area contributed by atoms with Gasteiger partial charge in [-0.3, -0.25) is 0 Å². The van der Waals surface area contributed by atoms with E-state index >= 15 is 0 Å². The van der Waals surface area contributed by atoms with Gasteiger partial charge < -0.3 is 15.0 Å². The minimum atomic E-state index is -0.476. The Morgan fingerprint density at radius 2 is 2.05 bits per heavy atom. The number of nitrogens with zero attached hydrogens (tertiary/aromatic N) is 2. The van der Waals surface area contributed by atoms with E-state index in [1.807, 2.05) is 19.9 Å². The molecule has 2 N–H and O–H groups in total. The maximum atomic E-state index is 5.97. The molecule has 0 radical (unpaired) electrons. The van der Waals surface area contributed by atoms with E-state index in [4.69, 9.17) is 15.0 Å². The van der Waals surface area contributed by atoms with Gasteiger partial charge in [0, 0.05) is 11.5 Å². The molecular weight excluding hydrogens is 274 g/mol. The largest absolute Gasteiger partial charge is 0.390 e. The van der Waals surface area contributed by atoms with Crippen LogP contribution in [0.4, 0.5) is 5.00 Å². The molecule has 0 fully saturated rings. The second-order valence-corrected chi connectivity index (χ2v) is 5.98. The summed E-state index contributed by atoms with van der Waals surface area (Å²) in [5.74, 6) is 1.07. The Bertz CT molecular complexity index is 573. The summed E-state index contributed by atoms with van der Waals surface area (Å²) in [6.07, 6.45) is 1.60. The monoisotopic (exact) mass is 295 g/mol. The van der Waals surface area contributed by atoms with E-state index in [2.05, 4.69) is 24.0 Å². The van der Waals surface area contributed by atoms with Gasteiger partial charge in [-0.05, 0) is 32.8 Å². The predicted octanol–water partition coefficient (Wildman–Crippen LogP) is 3.74. The first-order chi connectivity index (χ1) is 9.56. The first kappa shape index (κ1) is 15.0. The zero-order chi connectivity index (χ0) is 14.8. The summed E-state index contributed by atoms with van der Waals surface area (Å²) < 4.78 is 11.3. The van der Waals surface area contributed by atoms with Gasteiger partial charge in [0.2, 0.25) is 5.82 Å². The molecule has 2 rings (SSSR count). The first-order valence-electron chi connectivity index (χ1n) is 6.90. The van der Waals surface area contributed by atoms with E-state index in [-0.39, 0.29) is 0 Å². The zero-order valence-corrected chi connectivity index (χ0v) is 13.2. The molecule has 5 nitrogen and oxygen atoms in total. The van der Waals surface area contributed by atoms with Crippen LogP contribution in [0, 0.1) is 6.92 Å². The van der Waals surface area contributed by atoms with E-state index in [1.165, 1.54) is 11.3 Å². The Morgan fingerprint density at radius 3 is 2.55 bits per heavy atom. The fraction of sp³-hybridized carbons (Fsp3) is 0.571. The average molecular weight is 295 g/mol. The summed E-state index contributed by atoms with van der Waals surface area (Å²) in [6, 6.07) is 1.97. The molecule has 20 heavy (non-hydrogen) atoms. The lowest BCUT2D eigenvalue weighted by Crippen LogP contribution is -2.29. The number of anilines is 1. The number of rotatable bonds is 6. The fourth-order valence-corrected chi connectivity index (χ4v) is 3.11. The van der Waals surface area contributed by atoms with Crippen molar-refractivity contribution in [3.63, 3.8) is 0 Å². The summed E-state index contributed by atoms with van der Waals surface area (Å²) in [7, 11) is 0. The van der Waals surface area contributed by atoms with Crippen LogP contribution in [0.15, 0.2) is 10.6 Å². The lowest BCUT2D eigenvalue weighted by atomic mass is 9.96. The highest BCUT2D eigenvalue weighted by molar-refractivity contribution is 7.16. The number of hydrogen-bond acceptors (Lipinski definition) is 6. The van der Waals surface area contributed by atoms with Gasteiger partial charge in [0.15, 0.2) is 0 Å². The summed E-state index contributed by atoms with van der Waals surface area (Å²) in [6.45, 7) is 8.73. The Morgan fingerprint density at radius 1 is 1.35 bits per heavy atom. The number of ether oxygens (including phenoxy) is 1. The van der Waals surface area contributed by atoms with Crippen molar-refractivity contribution in [2.75, 3.05) is 12.3 Å². The number of hydrogen-bond donors (Lipinski definition) is 1. The molecule has 2 heterocycles. The van der Waals surface area contributed by atoms with Crippen LogP contribution in [0.1, 0.15) is 44.3 Å². The molecule has 0 aliphatic carbocycles. The van der Waals surface area contributed by atoms with Crippen molar-refractivity contribution in [3.8, 4) is 11.5 Å². The SMILES string of the molecule is CCOC(CC)(CC)c1noc(-c2cc(C)sc2N)n1. The van der Waals surface area contributed by atoms with Gasteiger partial charge in [-0.15, -0.1) is 11.3 Å². The topological polar surface area (TPSA) is 74.2 Å². The molecule has 6 heteroatoms. The van der Waals surface area contributed by atoms with Crippen LogP contribution in [0.25, 0.3) is 11.5 Å². The maximum absolute atomic E-state index is 5.97. The highest BCUT2D eigenvalue weighted by atomic mass is 32.1. The molecule has 0 aliphatic heterocycles. The number of aromatic nitrogens is 2. The second-order valence-electron chi connectivity index (χ2n) is 4.69. The van der Waals surface area contributed by atoms with E-state index in [1.54, 1.807) is 0 Å². The van der Waals surface area contributed by atoms with E-state index in [9.17, 15) is 0 Å². The predicted molar refractivity (Wildman–Crippen MR) is 80.6 cm³/mol. The molecule has 0 aromatic carbocycles. The van der Waals surface area contributed by atoms with Crippen molar-refractivity contribution in [2.45, 2.75) is 46.1 Å². The number of nitrogens with two attached hydrogens (primary N) is 1. The lowest BCUT2D eigenvalue weighted by Gasteiger charge is -2.27. The number of thiophene rings is 1. The third-order valence-electron chi connectivity index (χ3n) is 3.51. The summed E-state index contributed by atoms with van der Waals surface area (Å²) in [5.41, 5.74) is 6.31. The van der Waals surface area contributed by atoms with Crippen LogP contribution in [-0.2, 0) is 10.3 Å². The van der Waals surface area contributed by atoms with Crippen LogP contribution in [0.5, 0.6) is 0 Å². The number of aryl methyl sites for hydroxylation is 1. The molecule has 0 saturated carbocycles. The Kier molecular flexibility index (Phi) is 4.45. The van der Waals surface area contributed by atoms with Gasteiger partial charge in [-0.1, -0.05) is 19.0 Å². The average Bonchev–Trinajstić information content (AvgIpc) is 3.03. The molecule has 0 aliphatic rings. The molecule has 0 saturated heterocycles. The van der Waals surface area contributed by atoms with Gasteiger partial charge in [0.1, 0.15) is 5.60 Å². The molecule has 2 aromatic heterocycles. The van der Waals surface area contributed by atoms with Gasteiger partial charge in [0.25, 0.3) is 5.89 Å².